The third kappa shape index (κ3) is 3.11. The van der Waals surface area contributed by atoms with Crippen LogP contribution in [0.3, 0.4) is 0 Å². The molecule has 1 unspecified atom stereocenters. The van der Waals surface area contributed by atoms with Crippen molar-refractivity contribution >= 4 is 22.4 Å². The minimum atomic E-state index is -2.74. The first-order valence-electron chi connectivity index (χ1n) is 3.52. The zero-order valence-corrected chi connectivity index (χ0v) is 7.39. The van der Waals surface area contributed by atoms with Crippen LogP contribution >= 0.6 is 11.5 Å². The Hall–Kier alpha value is -0.950. The minimum Gasteiger partial charge on any atom is -0.385 e. The molecule has 1 atom stereocenters. The van der Waals surface area contributed by atoms with E-state index < -0.39 is 12.5 Å². The summed E-state index contributed by atoms with van der Waals surface area (Å²) in [7, 11) is 0. The predicted octanol–water partition coefficient (Wildman–Crippen LogP) is 0.763. The molecular formula is C6H9F2N3OS. The fraction of sp³-hybridized carbons (Fsp3) is 0.500. The molecule has 0 aliphatic heterocycles. The molecule has 0 bridgehead atoms. The first kappa shape index (κ1) is 10.1. The number of anilines is 2. The summed E-state index contributed by atoms with van der Waals surface area (Å²) in [6.45, 7) is -0.209. The van der Waals surface area contributed by atoms with Gasteiger partial charge in [0.1, 0.15) is 16.9 Å². The summed E-state index contributed by atoms with van der Waals surface area (Å²) in [6, 6.07) is 1.52. The van der Waals surface area contributed by atoms with Gasteiger partial charge in [-0.2, -0.15) is 4.37 Å². The molecule has 0 amide bonds. The second kappa shape index (κ2) is 4.33. The number of alkyl halides is 2. The summed E-state index contributed by atoms with van der Waals surface area (Å²) in [5, 5.41) is 11.9. The lowest BCUT2D eigenvalue weighted by molar-refractivity contribution is 0.00388. The highest BCUT2D eigenvalue weighted by atomic mass is 32.1. The van der Waals surface area contributed by atoms with Gasteiger partial charge in [-0.05, 0) is 11.5 Å². The quantitative estimate of drug-likeness (QED) is 0.684. The maximum absolute atomic E-state index is 11.8. The number of nitrogen functional groups attached to an aromatic ring is 1. The van der Waals surface area contributed by atoms with Crippen molar-refractivity contribution in [3.05, 3.63) is 6.07 Å². The number of rotatable bonds is 4. The summed E-state index contributed by atoms with van der Waals surface area (Å²) in [4.78, 5) is 0. The van der Waals surface area contributed by atoms with Gasteiger partial charge in [0.25, 0.3) is 6.43 Å². The van der Waals surface area contributed by atoms with Gasteiger partial charge in [-0.1, -0.05) is 0 Å². The molecule has 0 aromatic carbocycles. The number of nitrogens with zero attached hydrogens (tertiary/aromatic N) is 1. The molecule has 1 aromatic heterocycles. The van der Waals surface area contributed by atoms with Crippen LogP contribution < -0.4 is 11.1 Å². The lowest BCUT2D eigenvalue weighted by atomic mass is 10.4. The van der Waals surface area contributed by atoms with E-state index in [-0.39, 0.29) is 6.54 Å². The summed E-state index contributed by atoms with van der Waals surface area (Å²) < 4.78 is 27.3. The monoisotopic (exact) mass is 209 g/mol. The number of hydrogen-bond donors (Lipinski definition) is 3. The van der Waals surface area contributed by atoms with E-state index in [1.807, 2.05) is 0 Å². The van der Waals surface area contributed by atoms with Crippen LogP contribution in [0.15, 0.2) is 6.07 Å². The SMILES string of the molecule is Nc1cc(NCC(O)C(F)F)sn1. The van der Waals surface area contributed by atoms with Gasteiger partial charge < -0.3 is 16.2 Å². The molecule has 0 radical (unpaired) electrons. The highest BCUT2D eigenvalue weighted by Crippen LogP contribution is 2.17. The van der Waals surface area contributed by atoms with Crippen molar-refractivity contribution in [2.75, 3.05) is 17.6 Å². The van der Waals surface area contributed by atoms with E-state index in [1.165, 1.54) is 6.07 Å². The normalized spacial score (nSPS) is 13.2. The van der Waals surface area contributed by atoms with Crippen LogP contribution in [0.2, 0.25) is 0 Å². The van der Waals surface area contributed by atoms with Crippen LogP contribution in [0, 0.1) is 0 Å². The number of halogens is 2. The molecule has 0 saturated carbocycles. The van der Waals surface area contributed by atoms with Crippen molar-refractivity contribution in [3.8, 4) is 0 Å². The van der Waals surface area contributed by atoms with E-state index in [0.29, 0.717) is 10.8 Å². The standard InChI is InChI=1S/C6H9F2N3OS/c7-6(8)3(12)2-10-5-1-4(9)11-13-5/h1,3,6,10,12H,2H2,(H2,9,11). The third-order valence-corrected chi connectivity index (χ3v) is 2.07. The van der Waals surface area contributed by atoms with Gasteiger partial charge >= 0.3 is 0 Å². The van der Waals surface area contributed by atoms with Crippen molar-refractivity contribution in [1.29, 1.82) is 0 Å². The van der Waals surface area contributed by atoms with Gasteiger partial charge in [-0.3, -0.25) is 0 Å². The Balaban J connectivity index is 2.35. The van der Waals surface area contributed by atoms with Crippen LogP contribution in [-0.4, -0.2) is 28.6 Å². The van der Waals surface area contributed by atoms with Crippen molar-refractivity contribution in [2.24, 2.45) is 0 Å². The summed E-state index contributed by atoms with van der Waals surface area (Å²) >= 11 is 1.06. The lowest BCUT2D eigenvalue weighted by Gasteiger charge is -2.09. The Morgan fingerprint density at radius 3 is 2.85 bits per heavy atom. The van der Waals surface area contributed by atoms with E-state index in [0.717, 1.165) is 11.5 Å². The van der Waals surface area contributed by atoms with E-state index in [2.05, 4.69) is 9.69 Å². The number of hydrogen-bond acceptors (Lipinski definition) is 5. The number of nitrogens with one attached hydrogen (secondary N) is 1. The molecule has 1 aromatic rings. The fourth-order valence-corrected chi connectivity index (χ4v) is 1.24. The molecule has 13 heavy (non-hydrogen) atoms. The van der Waals surface area contributed by atoms with Gasteiger partial charge in [0, 0.05) is 12.6 Å². The Morgan fingerprint density at radius 2 is 2.38 bits per heavy atom. The highest BCUT2D eigenvalue weighted by molar-refractivity contribution is 7.10. The Morgan fingerprint density at radius 1 is 1.69 bits per heavy atom. The summed E-state index contributed by atoms with van der Waals surface area (Å²) in [5.41, 5.74) is 5.29. The molecule has 4 N–H and O–H groups in total. The Bertz CT molecular complexity index is 268. The largest absolute Gasteiger partial charge is 0.385 e. The zero-order chi connectivity index (χ0) is 9.84. The molecule has 0 saturated heterocycles. The zero-order valence-electron chi connectivity index (χ0n) is 6.58. The van der Waals surface area contributed by atoms with Gasteiger partial charge in [-0.15, -0.1) is 0 Å². The predicted molar refractivity (Wildman–Crippen MR) is 47.0 cm³/mol. The summed E-state index contributed by atoms with van der Waals surface area (Å²) in [5.74, 6) is 0.332. The maximum atomic E-state index is 11.8. The Kier molecular flexibility index (Phi) is 3.38. The number of aliphatic hydroxyl groups excluding tert-OH is 1. The number of nitrogens with two attached hydrogens (primary N) is 1. The van der Waals surface area contributed by atoms with Crippen molar-refractivity contribution in [3.63, 3.8) is 0 Å². The van der Waals surface area contributed by atoms with Crippen LogP contribution in [0.4, 0.5) is 19.6 Å². The van der Waals surface area contributed by atoms with Crippen molar-refractivity contribution < 1.29 is 13.9 Å². The van der Waals surface area contributed by atoms with Crippen LogP contribution in [0.1, 0.15) is 0 Å². The first-order valence-corrected chi connectivity index (χ1v) is 4.29. The van der Waals surface area contributed by atoms with Gasteiger partial charge in [-0.25, -0.2) is 8.78 Å². The van der Waals surface area contributed by atoms with Gasteiger partial charge in [0.15, 0.2) is 0 Å². The molecule has 0 aliphatic carbocycles. The van der Waals surface area contributed by atoms with Gasteiger partial charge in [0.05, 0.1) is 0 Å². The average Bonchev–Trinajstić information content (AvgIpc) is 2.47. The van der Waals surface area contributed by atoms with Crippen LogP contribution in [0.5, 0.6) is 0 Å². The molecule has 1 rings (SSSR count). The van der Waals surface area contributed by atoms with E-state index >= 15 is 0 Å². The van der Waals surface area contributed by atoms with Crippen LogP contribution in [0.25, 0.3) is 0 Å². The second-order valence-corrected chi connectivity index (χ2v) is 3.20. The van der Waals surface area contributed by atoms with E-state index in [4.69, 9.17) is 10.8 Å². The number of aromatic nitrogens is 1. The van der Waals surface area contributed by atoms with Crippen LogP contribution in [-0.2, 0) is 0 Å². The second-order valence-electron chi connectivity index (χ2n) is 2.40. The molecule has 0 fully saturated rings. The van der Waals surface area contributed by atoms with E-state index in [1.54, 1.807) is 0 Å². The molecule has 0 aliphatic rings. The average molecular weight is 209 g/mol. The first-order chi connectivity index (χ1) is 6.09. The van der Waals surface area contributed by atoms with E-state index in [9.17, 15) is 8.78 Å². The fourth-order valence-electron chi connectivity index (χ4n) is 0.666. The topological polar surface area (TPSA) is 71.2 Å². The highest BCUT2D eigenvalue weighted by Gasteiger charge is 2.16. The maximum Gasteiger partial charge on any atom is 0.265 e. The van der Waals surface area contributed by atoms with Gasteiger partial charge in [0.2, 0.25) is 0 Å². The number of aliphatic hydroxyl groups is 1. The Labute approximate surface area is 77.5 Å². The minimum absolute atomic E-state index is 0.209. The summed E-state index contributed by atoms with van der Waals surface area (Å²) in [6.07, 6.45) is -4.40. The molecule has 0 spiro atoms. The molecule has 74 valence electrons. The third-order valence-electron chi connectivity index (χ3n) is 1.30. The molecule has 7 heteroatoms. The molecular weight excluding hydrogens is 200 g/mol. The molecule has 4 nitrogen and oxygen atoms in total. The lowest BCUT2D eigenvalue weighted by Crippen LogP contribution is -2.26. The van der Waals surface area contributed by atoms with Crippen molar-refractivity contribution in [1.82, 2.24) is 4.37 Å². The smallest absolute Gasteiger partial charge is 0.265 e. The molecule has 1 heterocycles. The van der Waals surface area contributed by atoms with Crippen molar-refractivity contribution in [2.45, 2.75) is 12.5 Å².